The number of ether oxygens (including phenoxy) is 2. The minimum atomic E-state index is -0.967. The Kier molecular flexibility index (Phi) is 4.87. The Bertz CT molecular complexity index is 1740. The van der Waals surface area contributed by atoms with Crippen LogP contribution in [-0.4, -0.2) is 14.2 Å². The van der Waals surface area contributed by atoms with E-state index >= 15 is 0 Å². The van der Waals surface area contributed by atoms with E-state index in [1.807, 2.05) is 20.3 Å². The Balaban J connectivity index is 1.68. The van der Waals surface area contributed by atoms with E-state index in [1.165, 1.54) is 44.0 Å². The van der Waals surface area contributed by atoms with E-state index in [2.05, 4.69) is 94.4 Å². The Hall–Kier alpha value is -3.40. The highest BCUT2D eigenvalue weighted by molar-refractivity contribution is 5.99. The highest BCUT2D eigenvalue weighted by Gasteiger charge is 2.61. The van der Waals surface area contributed by atoms with Gasteiger partial charge >= 0.3 is 0 Å². The largest absolute Gasteiger partial charge is 0.456 e. The third-order valence-electron chi connectivity index (χ3n) is 9.73. The molecule has 0 amide bonds. The average Bonchev–Trinajstić information content (AvgIpc) is 3.45. The lowest BCUT2D eigenvalue weighted by Gasteiger charge is -2.54. The number of fused-ring (bicyclic) bond motifs is 11. The van der Waals surface area contributed by atoms with Crippen LogP contribution >= 0.6 is 0 Å². The van der Waals surface area contributed by atoms with Gasteiger partial charge < -0.3 is 13.9 Å². The van der Waals surface area contributed by atoms with Gasteiger partial charge in [-0.25, -0.2) is 0 Å². The van der Waals surface area contributed by atoms with Crippen molar-refractivity contribution in [1.82, 2.24) is 0 Å². The first kappa shape index (κ1) is 23.7. The van der Waals surface area contributed by atoms with Crippen molar-refractivity contribution in [3.8, 4) is 22.5 Å². The van der Waals surface area contributed by atoms with Crippen molar-refractivity contribution in [2.45, 2.75) is 57.2 Å². The third-order valence-corrected chi connectivity index (χ3v) is 9.73. The van der Waals surface area contributed by atoms with Crippen molar-refractivity contribution < 1.29 is 13.9 Å². The van der Waals surface area contributed by atoms with Crippen molar-refractivity contribution in [1.29, 1.82) is 0 Å². The predicted octanol–water partition coefficient (Wildman–Crippen LogP) is 9.08. The van der Waals surface area contributed by atoms with Crippen LogP contribution in [-0.2, 0) is 26.1 Å². The standard InChI is InChI=1S/C35H34O3/c1-7-34(8-2)28-22-14-10-9-13-21(22)17-18-23(28)24-19-20-26-29(30(24)35(34,36-5)37-6)33(3,4)31-25-15-11-12-16-27(25)38-32(26)31/h9-20H,7-8H2,1-6H3. The van der Waals surface area contributed by atoms with Crippen LogP contribution < -0.4 is 0 Å². The smallest absolute Gasteiger partial charge is 0.205 e. The van der Waals surface area contributed by atoms with Crippen LogP contribution in [0, 0.1) is 0 Å². The summed E-state index contributed by atoms with van der Waals surface area (Å²) in [7, 11) is 3.63. The van der Waals surface area contributed by atoms with E-state index in [4.69, 9.17) is 13.9 Å². The van der Waals surface area contributed by atoms with Gasteiger partial charge in [0.1, 0.15) is 11.3 Å². The second-order valence-electron chi connectivity index (χ2n) is 11.4. The van der Waals surface area contributed by atoms with Crippen LogP contribution in [0.3, 0.4) is 0 Å². The van der Waals surface area contributed by atoms with E-state index in [1.54, 1.807) is 0 Å². The van der Waals surface area contributed by atoms with Gasteiger partial charge in [-0.3, -0.25) is 0 Å². The summed E-state index contributed by atoms with van der Waals surface area (Å²) in [5.74, 6) is 0.00297. The van der Waals surface area contributed by atoms with Gasteiger partial charge in [-0.15, -0.1) is 0 Å². The predicted molar refractivity (Wildman–Crippen MR) is 155 cm³/mol. The summed E-state index contributed by atoms with van der Waals surface area (Å²) in [6, 6.07) is 26.2. The van der Waals surface area contributed by atoms with Crippen molar-refractivity contribution in [3.63, 3.8) is 0 Å². The van der Waals surface area contributed by atoms with Gasteiger partial charge in [0.25, 0.3) is 0 Å². The fraction of sp³-hybridized carbons (Fsp3) is 0.314. The molecule has 1 aromatic heterocycles. The molecule has 0 radical (unpaired) electrons. The quantitative estimate of drug-likeness (QED) is 0.230. The molecule has 0 aliphatic heterocycles. The number of methoxy groups -OCH3 is 2. The zero-order valence-electron chi connectivity index (χ0n) is 23.1. The molecule has 0 unspecified atom stereocenters. The molecule has 192 valence electrons. The highest BCUT2D eigenvalue weighted by atomic mass is 16.7. The molecule has 0 spiro atoms. The molecule has 0 saturated heterocycles. The zero-order chi connectivity index (χ0) is 26.4. The van der Waals surface area contributed by atoms with E-state index in [0.29, 0.717) is 0 Å². The molecule has 7 rings (SSSR count). The summed E-state index contributed by atoms with van der Waals surface area (Å²) in [4.78, 5) is 0. The number of benzene rings is 4. The van der Waals surface area contributed by atoms with Gasteiger partial charge in [0.05, 0.1) is 5.41 Å². The summed E-state index contributed by atoms with van der Waals surface area (Å²) in [6.45, 7) is 9.20. The highest BCUT2D eigenvalue weighted by Crippen LogP contribution is 2.65. The molecule has 0 fully saturated rings. The van der Waals surface area contributed by atoms with Crippen molar-refractivity contribution in [3.05, 3.63) is 95.1 Å². The Morgan fingerprint density at radius 1 is 0.632 bits per heavy atom. The summed E-state index contributed by atoms with van der Waals surface area (Å²) >= 11 is 0. The Morgan fingerprint density at radius 3 is 1.95 bits per heavy atom. The van der Waals surface area contributed by atoms with Crippen LogP contribution in [0.4, 0.5) is 0 Å². The molecule has 38 heavy (non-hydrogen) atoms. The first-order chi connectivity index (χ1) is 18.4. The first-order valence-electron chi connectivity index (χ1n) is 13.7. The number of hydrogen-bond donors (Lipinski definition) is 0. The minimum Gasteiger partial charge on any atom is -0.456 e. The minimum absolute atomic E-state index is 0.299. The molecule has 4 aromatic carbocycles. The number of furan rings is 1. The van der Waals surface area contributed by atoms with E-state index in [-0.39, 0.29) is 5.41 Å². The average molecular weight is 503 g/mol. The monoisotopic (exact) mass is 502 g/mol. The van der Waals surface area contributed by atoms with E-state index < -0.39 is 11.2 Å². The van der Waals surface area contributed by atoms with Gasteiger partial charge in [0, 0.05) is 41.7 Å². The molecule has 0 atom stereocenters. The van der Waals surface area contributed by atoms with Gasteiger partial charge in [-0.1, -0.05) is 94.4 Å². The van der Waals surface area contributed by atoms with E-state index in [9.17, 15) is 0 Å². The van der Waals surface area contributed by atoms with Crippen LogP contribution in [0.15, 0.2) is 77.2 Å². The lowest BCUT2D eigenvalue weighted by molar-refractivity contribution is -0.265. The molecule has 0 N–H and O–H groups in total. The SMILES string of the molecule is CCC1(CC)c2c(ccc3ccccc23)-c2ccc3c(c2C1(OC)OC)C(C)(C)c1c-3oc2ccccc12. The Morgan fingerprint density at radius 2 is 1.24 bits per heavy atom. The molecule has 0 bridgehead atoms. The molecule has 0 saturated carbocycles. The molecular weight excluding hydrogens is 468 g/mol. The molecule has 5 aromatic rings. The normalized spacial score (nSPS) is 17.7. The summed E-state index contributed by atoms with van der Waals surface area (Å²) in [6.07, 6.45) is 1.75. The van der Waals surface area contributed by atoms with Crippen LogP contribution in [0.5, 0.6) is 0 Å². The molecule has 1 heterocycles. The molecule has 2 aliphatic carbocycles. The van der Waals surface area contributed by atoms with E-state index in [0.717, 1.165) is 35.3 Å². The number of para-hydroxylation sites is 1. The summed E-state index contributed by atoms with van der Waals surface area (Å²) in [5.41, 5.74) is 8.83. The zero-order valence-corrected chi connectivity index (χ0v) is 23.1. The van der Waals surface area contributed by atoms with Crippen LogP contribution in [0.2, 0.25) is 0 Å². The van der Waals surface area contributed by atoms with Crippen molar-refractivity contribution >= 4 is 21.7 Å². The molecule has 2 aliphatic rings. The lowest BCUT2D eigenvalue weighted by atomic mass is 9.57. The second-order valence-corrected chi connectivity index (χ2v) is 11.4. The topological polar surface area (TPSA) is 31.6 Å². The fourth-order valence-electron chi connectivity index (χ4n) is 8.15. The maximum absolute atomic E-state index is 6.69. The third kappa shape index (κ3) is 2.52. The molecular formula is C35H34O3. The summed E-state index contributed by atoms with van der Waals surface area (Å²) < 4.78 is 19.9. The molecule has 3 heteroatoms. The lowest BCUT2D eigenvalue weighted by Crippen LogP contribution is -2.55. The van der Waals surface area contributed by atoms with Gasteiger partial charge in [-0.2, -0.15) is 0 Å². The van der Waals surface area contributed by atoms with Gasteiger partial charge in [-0.05, 0) is 51.9 Å². The van der Waals surface area contributed by atoms with Gasteiger partial charge in [0.2, 0.25) is 5.79 Å². The Labute approximate surface area is 224 Å². The number of rotatable bonds is 4. The number of hydrogen-bond acceptors (Lipinski definition) is 3. The van der Waals surface area contributed by atoms with Gasteiger partial charge in [0.15, 0.2) is 0 Å². The maximum atomic E-state index is 6.69. The van der Waals surface area contributed by atoms with Crippen molar-refractivity contribution in [2.75, 3.05) is 14.2 Å². The van der Waals surface area contributed by atoms with Crippen LogP contribution in [0.1, 0.15) is 62.8 Å². The second kappa shape index (κ2) is 7.81. The summed E-state index contributed by atoms with van der Waals surface area (Å²) in [5, 5.41) is 3.70. The fourth-order valence-corrected chi connectivity index (χ4v) is 8.15. The van der Waals surface area contributed by atoms with Crippen molar-refractivity contribution in [2.24, 2.45) is 0 Å². The first-order valence-corrected chi connectivity index (χ1v) is 13.7. The molecule has 3 nitrogen and oxygen atoms in total. The maximum Gasteiger partial charge on any atom is 0.205 e. The van der Waals surface area contributed by atoms with Crippen LogP contribution in [0.25, 0.3) is 44.2 Å².